The Labute approximate surface area is 178 Å². The molecule has 0 aromatic rings. The van der Waals surface area contributed by atoms with Crippen molar-refractivity contribution in [1.82, 2.24) is 0 Å². The van der Waals surface area contributed by atoms with Crippen molar-refractivity contribution >= 4 is 11.9 Å². The monoisotopic (exact) mass is 416 g/mol. The SMILES string of the molecule is CCCCCCCCCCC(O)CCCCC(=O)OC(CC(=O)O)C[N+](C)(C)C. The lowest BCUT2D eigenvalue weighted by molar-refractivity contribution is -0.873. The van der Waals surface area contributed by atoms with Crippen molar-refractivity contribution < 1.29 is 29.0 Å². The molecule has 0 aliphatic carbocycles. The highest BCUT2D eigenvalue weighted by Gasteiger charge is 2.24. The molecule has 0 aliphatic rings. The van der Waals surface area contributed by atoms with Gasteiger partial charge in [-0.05, 0) is 19.3 Å². The van der Waals surface area contributed by atoms with E-state index in [0.29, 0.717) is 23.9 Å². The molecule has 0 spiro atoms. The third kappa shape index (κ3) is 19.9. The Hall–Kier alpha value is -1.14. The summed E-state index contributed by atoms with van der Waals surface area (Å²) in [6.07, 6.45) is 12.3. The van der Waals surface area contributed by atoms with E-state index in [1.807, 2.05) is 21.1 Å². The van der Waals surface area contributed by atoms with E-state index < -0.39 is 12.1 Å². The van der Waals surface area contributed by atoms with Crippen LogP contribution in [0.25, 0.3) is 0 Å². The largest absolute Gasteiger partial charge is 0.481 e. The van der Waals surface area contributed by atoms with Gasteiger partial charge in [0.25, 0.3) is 0 Å². The van der Waals surface area contributed by atoms with E-state index in [9.17, 15) is 14.7 Å². The number of hydrogen-bond acceptors (Lipinski definition) is 4. The van der Waals surface area contributed by atoms with Gasteiger partial charge < -0.3 is 19.4 Å². The molecular formula is C23H46NO5+. The number of carboxylic acid groups (broad SMARTS) is 1. The lowest BCUT2D eigenvalue weighted by Gasteiger charge is -2.28. The van der Waals surface area contributed by atoms with Crippen LogP contribution in [0.3, 0.4) is 0 Å². The highest BCUT2D eigenvalue weighted by atomic mass is 16.5. The third-order valence-corrected chi connectivity index (χ3v) is 5.01. The molecule has 0 radical (unpaired) electrons. The number of ether oxygens (including phenoxy) is 1. The zero-order valence-corrected chi connectivity index (χ0v) is 19.3. The minimum atomic E-state index is -0.958. The summed E-state index contributed by atoms with van der Waals surface area (Å²) in [5.74, 6) is -1.30. The van der Waals surface area contributed by atoms with Gasteiger partial charge in [-0.3, -0.25) is 9.59 Å². The fourth-order valence-electron chi connectivity index (χ4n) is 3.50. The van der Waals surface area contributed by atoms with Crippen molar-refractivity contribution in [3.05, 3.63) is 0 Å². The highest BCUT2D eigenvalue weighted by molar-refractivity contribution is 5.71. The summed E-state index contributed by atoms with van der Waals surface area (Å²) in [6, 6.07) is 0. The molecule has 0 rings (SSSR count). The fraction of sp³-hybridized carbons (Fsp3) is 0.913. The molecule has 0 aliphatic heterocycles. The Bertz CT molecular complexity index is 433. The number of likely N-dealkylation sites (N-methyl/N-ethyl adjacent to an activating group) is 1. The van der Waals surface area contributed by atoms with Crippen LogP contribution in [0.15, 0.2) is 0 Å². The smallest absolute Gasteiger partial charge is 0.307 e. The van der Waals surface area contributed by atoms with E-state index in [4.69, 9.17) is 9.84 Å². The molecule has 29 heavy (non-hydrogen) atoms. The zero-order valence-electron chi connectivity index (χ0n) is 19.3. The first-order valence-electron chi connectivity index (χ1n) is 11.5. The fourth-order valence-corrected chi connectivity index (χ4v) is 3.50. The average Bonchev–Trinajstić information content (AvgIpc) is 2.59. The van der Waals surface area contributed by atoms with Crippen molar-refractivity contribution in [3.8, 4) is 0 Å². The van der Waals surface area contributed by atoms with Gasteiger partial charge in [0.2, 0.25) is 0 Å². The van der Waals surface area contributed by atoms with Crippen molar-refractivity contribution in [2.24, 2.45) is 0 Å². The van der Waals surface area contributed by atoms with E-state index in [1.165, 1.54) is 44.9 Å². The van der Waals surface area contributed by atoms with Gasteiger partial charge in [0, 0.05) is 6.42 Å². The number of unbranched alkanes of at least 4 members (excludes halogenated alkanes) is 8. The lowest BCUT2D eigenvalue weighted by atomic mass is 10.0. The number of aliphatic hydroxyl groups is 1. The van der Waals surface area contributed by atoms with Gasteiger partial charge in [0.1, 0.15) is 6.54 Å². The molecule has 0 heterocycles. The summed E-state index contributed by atoms with van der Waals surface area (Å²) < 4.78 is 5.91. The zero-order chi connectivity index (χ0) is 22.1. The third-order valence-electron chi connectivity index (χ3n) is 5.01. The predicted octanol–water partition coefficient (Wildman–Crippen LogP) is 4.53. The number of rotatable bonds is 19. The average molecular weight is 417 g/mol. The van der Waals surface area contributed by atoms with Gasteiger partial charge in [-0.15, -0.1) is 0 Å². The van der Waals surface area contributed by atoms with Crippen LogP contribution in [0.1, 0.15) is 96.8 Å². The topological polar surface area (TPSA) is 83.8 Å². The summed E-state index contributed by atoms with van der Waals surface area (Å²) >= 11 is 0. The molecular weight excluding hydrogens is 370 g/mol. The maximum atomic E-state index is 12.0. The molecule has 0 bridgehead atoms. The highest BCUT2D eigenvalue weighted by Crippen LogP contribution is 2.14. The minimum absolute atomic E-state index is 0.168. The Balaban J connectivity index is 3.80. The van der Waals surface area contributed by atoms with Gasteiger partial charge in [-0.25, -0.2) is 0 Å². The Morgan fingerprint density at radius 2 is 1.38 bits per heavy atom. The Morgan fingerprint density at radius 1 is 0.862 bits per heavy atom. The van der Waals surface area contributed by atoms with E-state index in [-0.39, 0.29) is 24.9 Å². The van der Waals surface area contributed by atoms with E-state index in [0.717, 1.165) is 19.3 Å². The molecule has 2 atom stereocenters. The predicted molar refractivity (Wildman–Crippen MR) is 117 cm³/mol. The molecule has 0 saturated carbocycles. The number of carbonyl (C=O) groups excluding carboxylic acids is 1. The number of aliphatic carboxylic acids is 1. The van der Waals surface area contributed by atoms with Crippen LogP contribution in [0.5, 0.6) is 0 Å². The number of aliphatic hydroxyl groups excluding tert-OH is 1. The van der Waals surface area contributed by atoms with Crippen molar-refractivity contribution in [3.63, 3.8) is 0 Å². The molecule has 172 valence electrons. The van der Waals surface area contributed by atoms with Crippen molar-refractivity contribution in [2.45, 2.75) is 109 Å². The van der Waals surface area contributed by atoms with E-state index in [2.05, 4.69) is 6.92 Å². The first-order valence-corrected chi connectivity index (χ1v) is 11.5. The number of quaternary nitrogens is 1. The van der Waals surface area contributed by atoms with Crippen LogP contribution < -0.4 is 0 Å². The molecule has 2 unspecified atom stereocenters. The number of hydrogen-bond donors (Lipinski definition) is 2. The second-order valence-corrected chi connectivity index (χ2v) is 9.35. The Kier molecular flexibility index (Phi) is 16.0. The quantitative estimate of drug-likeness (QED) is 0.184. The van der Waals surface area contributed by atoms with Crippen LogP contribution in [0, 0.1) is 0 Å². The Morgan fingerprint density at radius 3 is 1.90 bits per heavy atom. The summed E-state index contributed by atoms with van der Waals surface area (Å²) in [6.45, 7) is 2.70. The number of carboxylic acids is 1. The second kappa shape index (κ2) is 16.6. The number of esters is 1. The minimum Gasteiger partial charge on any atom is -0.481 e. The van der Waals surface area contributed by atoms with Crippen LogP contribution in [0.4, 0.5) is 0 Å². The van der Waals surface area contributed by atoms with Crippen LogP contribution in [-0.2, 0) is 14.3 Å². The maximum absolute atomic E-state index is 12.0. The van der Waals surface area contributed by atoms with Crippen LogP contribution in [-0.4, -0.2) is 66.5 Å². The van der Waals surface area contributed by atoms with Crippen LogP contribution >= 0.6 is 0 Å². The molecule has 2 N–H and O–H groups in total. The van der Waals surface area contributed by atoms with Gasteiger partial charge in [0.05, 0.1) is 33.7 Å². The number of nitrogens with zero attached hydrogens (tertiary/aromatic N) is 1. The second-order valence-electron chi connectivity index (χ2n) is 9.35. The van der Waals surface area contributed by atoms with E-state index in [1.54, 1.807) is 0 Å². The van der Waals surface area contributed by atoms with Gasteiger partial charge in [-0.2, -0.15) is 0 Å². The summed E-state index contributed by atoms with van der Waals surface area (Å²) in [4.78, 5) is 23.0. The lowest BCUT2D eigenvalue weighted by Crippen LogP contribution is -2.43. The number of carbonyl (C=O) groups is 2. The van der Waals surface area contributed by atoms with E-state index >= 15 is 0 Å². The molecule has 6 heteroatoms. The normalized spacial score (nSPS) is 13.8. The molecule has 0 aromatic carbocycles. The summed E-state index contributed by atoms with van der Waals surface area (Å²) in [7, 11) is 5.82. The molecule has 6 nitrogen and oxygen atoms in total. The molecule has 0 aromatic heterocycles. The van der Waals surface area contributed by atoms with Crippen molar-refractivity contribution in [1.29, 1.82) is 0 Å². The first kappa shape index (κ1) is 27.9. The maximum Gasteiger partial charge on any atom is 0.307 e. The van der Waals surface area contributed by atoms with Gasteiger partial charge in [0.15, 0.2) is 6.10 Å². The summed E-state index contributed by atoms with van der Waals surface area (Å²) in [5, 5.41) is 19.1. The van der Waals surface area contributed by atoms with Gasteiger partial charge >= 0.3 is 11.9 Å². The molecule has 0 fully saturated rings. The van der Waals surface area contributed by atoms with Crippen molar-refractivity contribution in [2.75, 3.05) is 27.7 Å². The molecule has 0 amide bonds. The first-order chi connectivity index (χ1) is 13.6. The molecule has 0 saturated heterocycles. The van der Waals surface area contributed by atoms with Crippen LogP contribution in [0.2, 0.25) is 0 Å². The summed E-state index contributed by atoms with van der Waals surface area (Å²) in [5.41, 5.74) is 0. The standard InChI is InChI=1S/C23H45NO5/c1-5-6-7-8-9-10-11-12-15-20(25)16-13-14-17-23(28)29-21(18-22(26)27)19-24(2,3)4/h20-21,25H,5-19H2,1-4H3/p+1. The van der Waals surface area contributed by atoms with Gasteiger partial charge in [-0.1, -0.05) is 64.7 Å².